The maximum absolute atomic E-state index is 11.7. The second kappa shape index (κ2) is 8.35. The molecule has 1 fully saturated rings. The van der Waals surface area contributed by atoms with Crippen LogP contribution in [-0.4, -0.2) is 48.8 Å². The molecule has 2 aliphatic heterocycles. The van der Waals surface area contributed by atoms with Crippen molar-refractivity contribution in [1.29, 1.82) is 0 Å². The first-order chi connectivity index (χ1) is 12.5. The monoisotopic (exact) mass is 382 g/mol. The van der Waals surface area contributed by atoms with Crippen molar-refractivity contribution in [2.45, 2.75) is 38.0 Å². The Bertz CT molecular complexity index is 659. The number of carboxylic acid groups (broad SMARTS) is 1. The maximum atomic E-state index is 11.7. The van der Waals surface area contributed by atoms with Crippen LogP contribution in [0.3, 0.4) is 0 Å². The number of aromatic carboxylic acids is 1. The van der Waals surface area contributed by atoms with E-state index in [9.17, 15) is 9.90 Å². The molecule has 0 amide bonds. The fraction of sp³-hybridized carbons (Fsp3) is 0.632. The Balaban J connectivity index is 1.80. The lowest BCUT2D eigenvalue weighted by Crippen LogP contribution is -2.35. The van der Waals surface area contributed by atoms with Gasteiger partial charge in [-0.3, -0.25) is 0 Å². The van der Waals surface area contributed by atoms with E-state index in [0.29, 0.717) is 30.2 Å². The minimum absolute atomic E-state index is 0.0648. The van der Waals surface area contributed by atoms with Gasteiger partial charge in [-0.25, -0.2) is 4.79 Å². The van der Waals surface area contributed by atoms with E-state index < -0.39 is 5.97 Å². The Kier molecular flexibility index (Phi) is 6.14. The average Bonchev–Trinajstić information content (AvgIpc) is 2.66. The number of ether oxygens (including phenoxy) is 2. The summed E-state index contributed by atoms with van der Waals surface area (Å²) >= 11 is 6.77. The number of benzene rings is 1. The molecule has 0 radical (unpaired) electrons. The number of piperidine rings is 1. The normalized spacial score (nSPS) is 19.3. The molecule has 7 heteroatoms. The first kappa shape index (κ1) is 19.1. The second-order valence-corrected chi connectivity index (χ2v) is 7.49. The molecule has 2 aliphatic rings. The number of halogens is 1. The van der Waals surface area contributed by atoms with Crippen LogP contribution in [0.25, 0.3) is 0 Å². The van der Waals surface area contributed by atoms with Gasteiger partial charge in [-0.05, 0) is 56.4 Å². The highest BCUT2D eigenvalue weighted by Gasteiger charge is 2.32. The molecule has 0 aliphatic carbocycles. The summed E-state index contributed by atoms with van der Waals surface area (Å²) in [5.74, 6) is -0.271. The van der Waals surface area contributed by atoms with Crippen molar-refractivity contribution in [3.05, 3.63) is 17.2 Å². The summed E-state index contributed by atoms with van der Waals surface area (Å²) in [4.78, 5) is 14.1. The quantitative estimate of drug-likeness (QED) is 0.578. The SMILES string of the molecule is CCCCN1CCC(C(Cl)c2cc(C(=O)O)c3c(c2N)OCCO3)CC1. The largest absolute Gasteiger partial charge is 0.485 e. The smallest absolute Gasteiger partial charge is 0.339 e. The van der Waals surface area contributed by atoms with Crippen molar-refractivity contribution in [2.75, 3.05) is 38.6 Å². The number of anilines is 1. The third kappa shape index (κ3) is 3.86. The Labute approximate surface area is 159 Å². The van der Waals surface area contributed by atoms with Crippen LogP contribution in [0.15, 0.2) is 6.07 Å². The number of carboxylic acids is 1. The first-order valence-corrected chi connectivity index (χ1v) is 9.78. The number of hydrogen-bond acceptors (Lipinski definition) is 5. The van der Waals surface area contributed by atoms with Crippen LogP contribution in [-0.2, 0) is 0 Å². The molecule has 2 heterocycles. The number of nitrogens with two attached hydrogens (primary N) is 1. The summed E-state index contributed by atoms with van der Waals surface area (Å²) in [5.41, 5.74) is 7.39. The highest BCUT2D eigenvalue weighted by atomic mass is 35.5. The van der Waals surface area contributed by atoms with Crippen LogP contribution in [0.1, 0.15) is 53.9 Å². The van der Waals surface area contributed by atoms with Gasteiger partial charge in [0.2, 0.25) is 0 Å². The van der Waals surface area contributed by atoms with Crippen molar-refractivity contribution in [3.8, 4) is 11.5 Å². The fourth-order valence-corrected chi connectivity index (χ4v) is 4.17. The van der Waals surface area contributed by atoms with E-state index in [-0.39, 0.29) is 22.6 Å². The summed E-state index contributed by atoms with van der Waals surface area (Å²) < 4.78 is 11.1. The van der Waals surface area contributed by atoms with Gasteiger partial charge in [0.15, 0.2) is 11.5 Å². The van der Waals surface area contributed by atoms with Crippen LogP contribution in [0, 0.1) is 5.92 Å². The number of nitrogen functional groups attached to an aromatic ring is 1. The van der Waals surface area contributed by atoms with E-state index >= 15 is 0 Å². The summed E-state index contributed by atoms with van der Waals surface area (Å²) in [7, 11) is 0. The van der Waals surface area contributed by atoms with Gasteiger partial charge in [-0.1, -0.05) is 13.3 Å². The first-order valence-electron chi connectivity index (χ1n) is 9.34. The predicted octanol–water partition coefficient (Wildman–Crippen LogP) is 3.53. The molecule has 1 atom stereocenters. The molecule has 3 N–H and O–H groups in total. The summed E-state index contributed by atoms with van der Waals surface area (Å²) in [6, 6.07) is 1.56. The molecule has 144 valence electrons. The number of alkyl halides is 1. The van der Waals surface area contributed by atoms with Gasteiger partial charge in [0, 0.05) is 0 Å². The minimum atomic E-state index is -1.06. The molecule has 1 saturated heterocycles. The molecule has 0 bridgehead atoms. The van der Waals surface area contributed by atoms with Crippen LogP contribution in [0.5, 0.6) is 11.5 Å². The number of likely N-dealkylation sites (tertiary alicyclic amines) is 1. The molecule has 6 nitrogen and oxygen atoms in total. The van der Waals surface area contributed by atoms with E-state index in [1.54, 1.807) is 6.07 Å². The molecule has 1 aromatic rings. The zero-order valence-electron chi connectivity index (χ0n) is 15.2. The zero-order valence-corrected chi connectivity index (χ0v) is 15.9. The van der Waals surface area contributed by atoms with Crippen LogP contribution >= 0.6 is 11.6 Å². The maximum Gasteiger partial charge on any atom is 0.339 e. The predicted molar refractivity (Wildman–Crippen MR) is 101 cm³/mol. The number of nitrogens with zero attached hydrogens (tertiary/aromatic N) is 1. The lowest BCUT2D eigenvalue weighted by atomic mass is 9.88. The topological polar surface area (TPSA) is 85.0 Å². The Morgan fingerprint density at radius 3 is 2.62 bits per heavy atom. The number of unbranched alkanes of at least 4 members (excludes halogenated alkanes) is 1. The van der Waals surface area contributed by atoms with Crippen LogP contribution in [0.2, 0.25) is 0 Å². The van der Waals surface area contributed by atoms with Crippen LogP contribution in [0.4, 0.5) is 5.69 Å². The van der Waals surface area contributed by atoms with Crippen LogP contribution < -0.4 is 15.2 Å². The lowest BCUT2D eigenvalue weighted by molar-refractivity contribution is 0.0686. The van der Waals surface area contributed by atoms with Crippen molar-refractivity contribution >= 4 is 23.3 Å². The van der Waals surface area contributed by atoms with E-state index in [4.69, 9.17) is 26.8 Å². The van der Waals surface area contributed by atoms with Gasteiger partial charge in [0.05, 0.1) is 11.1 Å². The Hall–Kier alpha value is -1.66. The number of rotatable bonds is 6. The van der Waals surface area contributed by atoms with Crippen molar-refractivity contribution in [3.63, 3.8) is 0 Å². The van der Waals surface area contributed by atoms with Gasteiger partial charge in [-0.15, -0.1) is 11.6 Å². The molecule has 3 rings (SSSR count). The van der Waals surface area contributed by atoms with E-state index in [2.05, 4.69) is 11.8 Å². The van der Waals surface area contributed by atoms with Gasteiger partial charge in [-0.2, -0.15) is 0 Å². The summed E-state index contributed by atoms with van der Waals surface area (Å²) in [6.45, 7) is 6.03. The van der Waals surface area contributed by atoms with Gasteiger partial charge < -0.3 is 25.2 Å². The van der Waals surface area contributed by atoms with E-state index in [1.165, 1.54) is 12.8 Å². The lowest BCUT2D eigenvalue weighted by Gasteiger charge is -2.35. The van der Waals surface area contributed by atoms with Gasteiger partial charge in [0.1, 0.15) is 18.8 Å². The second-order valence-electron chi connectivity index (χ2n) is 7.02. The number of fused-ring (bicyclic) bond motifs is 1. The highest BCUT2D eigenvalue weighted by Crippen LogP contribution is 2.47. The average molecular weight is 383 g/mol. The third-order valence-electron chi connectivity index (χ3n) is 5.28. The summed E-state index contributed by atoms with van der Waals surface area (Å²) in [5, 5.41) is 9.20. The molecule has 0 saturated carbocycles. The molecule has 0 aromatic heterocycles. The summed E-state index contributed by atoms with van der Waals surface area (Å²) in [6.07, 6.45) is 4.37. The molecular weight excluding hydrogens is 356 g/mol. The van der Waals surface area contributed by atoms with Crippen molar-refractivity contribution in [1.82, 2.24) is 4.90 Å². The van der Waals surface area contributed by atoms with Crippen molar-refractivity contribution in [2.24, 2.45) is 5.92 Å². The van der Waals surface area contributed by atoms with E-state index in [0.717, 1.165) is 32.5 Å². The third-order valence-corrected chi connectivity index (χ3v) is 5.88. The minimum Gasteiger partial charge on any atom is -0.485 e. The number of carbonyl (C=O) groups is 1. The van der Waals surface area contributed by atoms with Gasteiger partial charge >= 0.3 is 5.97 Å². The molecule has 26 heavy (non-hydrogen) atoms. The van der Waals surface area contributed by atoms with E-state index in [1.807, 2.05) is 0 Å². The fourth-order valence-electron chi connectivity index (χ4n) is 3.74. The molecule has 1 unspecified atom stereocenters. The highest BCUT2D eigenvalue weighted by molar-refractivity contribution is 6.21. The standard InChI is InChI=1S/C19H27ClN2O4/c1-2-3-6-22-7-4-12(5-8-22)15(20)13-11-14(19(23)24)17-18(16(13)21)26-10-9-25-17/h11-12,15H,2-10,21H2,1H3,(H,23,24). The van der Waals surface area contributed by atoms with Crippen molar-refractivity contribution < 1.29 is 19.4 Å². The molecule has 1 aromatic carbocycles. The Morgan fingerprint density at radius 2 is 2.00 bits per heavy atom. The molecule has 0 spiro atoms. The number of hydrogen-bond donors (Lipinski definition) is 2. The van der Waals surface area contributed by atoms with Gasteiger partial charge in [0.25, 0.3) is 0 Å². The zero-order chi connectivity index (χ0) is 18.7. The molecular formula is C19H27ClN2O4. The Morgan fingerprint density at radius 1 is 1.35 bits per heavy atom.